The Morgan fingerprint density at radius 2 is 0.625 bits per heavy atom. The average Bonchev–Trinajstić information content (AvgIpc) is 2.45. The van der Waals surface area contributed by atoms with Crippen molar-refractivity contribution in [3.05, 3.63) is 0 Å². The Balaban J connectivity index is -0.0000000488. The van der Waals surface area contributed by atoms with E-state index in [1.165, 1.54) is 11.9 Å². The summed E-state index contributed by atoms with van der Waals surface area (Å²) in [5.74, 6) is 0. The molecule has 0 unspecified atom stereocenters. The van der Waals surface area contributed by atoms with Gasteiger partial charge in [0.25, 0.3) is 0 Å². The monoisotopic (exact) mass is 747 g/mol. The highest BCUT2D eigenvalue weighted by molar-refractivity contribution is 7.46. The zero-order valence-corrected chi connectivity index (χ0v) is 24.6. The fraction of sp³-hybridized carbons (Fsp3) is 0.600. The van der Waals surface area contributed by atoms with Crippen molar-refractivity contribution in [3.8, 4) is 0 Å². The minimum absolute atomic E-state index is 0.495. The number of rotatable bonds is 1. The Hall–Kier alpha value is -0.780. The first kappa shape index (κ1) is 58.8. The maximum absolute atomic E-state index is 10.4. The molecular weight excluding hydrogens is 722 g/mol. The summed E-state index contributed by atoms with van der Waals surface area (Å²) in [4.78, 5) is 104. The molecule has 0 aromatic heterocycles. The van der Waals surface area contributed by atoms with Gasteiger partial charge < -0.3 is 16.0 Å². The first-order valence-electron chi connectivity index (χ1n) is 7.14. The summed E-state index contributed by atoms with van der Waals surface area (Å²) in [5, 5.41) is 2.17. The molecule has 0 radical (unpaired) electrons. The van der Waals surface area contributed by atoms with Crippen LogP contribution in [0.1, 0.15) is 0 Å². The molecular formula is C5H25F6N3O20P6. The number of hydrogen-bond acceptors (Lipinski definition) is 8. The number of nitrogens with one attached hydrogen (secondary N) is 1. The van der Waals surface area contributed by atoms with Gasteiger partial charge in [0.05, 0.1) is 0 Å². The maximum Gasteiger partial charge on any atom is 0.507 e. The van der Waals surface area contributed by atoms with Gasteiger partial charge in [-0.05, 0) is 0 Å². The van der Waals surface area contributed by atoms with Gasteiger partial charge in [-0.25, -0.2) is 32.2 Å². The van der Waals surface area contributed by atoms with Gasteiger partial charge >= 0.3 is 53.5 Å². The van der Waals surface area contributed by atoms with E-state index in [-0.39, 0.29) is 0 Å². The number of urea groups is 1. The topological polar surface area (TPSA) is 421 Å². The lowest BCUT2D eigenvalue weighted by atomic mass is 11.0. The molecule has 0 aliphatic rings. The van der Waals surface area contributed by atoms with Gasteiger partial charge in [-0.1, -0.05) is 0 Å². The van der Waals surface area contributed by atoms with Crippen LogP contribution in [0.5, 0.6) is 0 Å². The summed E-state index contributed by atoms with van der Waals surface area (Å²) >= 11 is 0. The third kappa shape index (κ3) is 4710. The second-order valence-electron chi connectivity index (χ2n) is 4.52. The van der Waals surface area contributed by atoms with E-state index in [1.54, 1.807) is 14.1 Å². The van der Waals surface area contributed by atoms with Gasteiger partial charge in [-0.3, -0.25) is 63.5 Å². The van der Waals surface area contributed by atoms with Crippen LogP contribution < -0.4 is 11.1 Å². The van der Waals surface area contributed by atoms with Crippen molar-refractivity contribution in [2.45, 2.75) is 0 Å². The second-order valence-corrected chi connectivity index (χ2v) is 10.2. The highest BCUT2D eigenvalue weighted by Crippen LogP contribution is 2.37. The molecule has 23 nitrogen and oxygen atoms in total. The van der Waals surface area contributed by atoms with Crippen molar-refractivity contribution >= 4 is 59.9 Å². The van der Waals surface area contributed by atoms with Crippen molar-refractivity contribution in [1.82, 2.24) is 10.2 Å². The van der Waals surface area contributed by atoms with E-state index in [2.05, 4.69) is 11.1 Å². The average molecular weight is 747 g/mol. The molecule has 0 fully saturated rings. The third-order valence-corrected chi connectivity index (χ3v) is 0.457. The largest absolute Gasteiger partial charge is 0.507 e. The zero-order valence-electron chi connectivity index (χ0n) is 19.2. The highest BCUT2D eigenvalue weighted by Gasteiger charge is 2.06. The fourth-order valence-electron chi connectivity index (χ4n) is 0. The lowest BCUT2D eigenvalue weighted by molar-refractivity contribution is -0.115. The Bertz CT molecular complexity index is 698. The number of halogens is 6. The standard InChI is InChI=1S/C3H7NO.C2H6N2O.6FH2O3P/c1-4(2)3-5;1-4-2(3)5;6*1-5(2,3)4/h3H,1-2H3;1H3,(H3,3,4,5);6*(H2,2,3,4). The summed E-state index contributed by atoms with van der Waals surface area (Å²) in [6.07, 6.45) is 0.750. The van der Waals surface area contributed by atoms with Crippen LogP contribution >= 0.6 is 47.4 Å². The number of nitrogens with zero attached hydrogens (tertiary/aromatic N) is 1. The quantitative estimate of drug-likeness (QED) is 0.0894. The first-order valence-corrected chi connectivity index (χ1v) is 16.2. The van der Waals surface area contributed by atoms with Crippen molar-refractivity contribution in [2.24, 2.45) is 5.73 Å². The molecule has 0 aliphatic heterocycles. The molecule has 0 saturated carbocycles. The molecule has 0 aromatic carbocycles. The van der Waals surface area contributed by atoms with Crippen LogP contribution in [-0.2, 0) is 32.2 Å². The molecule has 15 N–H and O–H groups in total. The van der Waals surface area contributed by atoms with Crippen LogP contribution in [0.15, 0.2) is 0 Å². The zero-order chi connectivity index (χ0) is 35.6. The number of hydrogen-bond donors (Lipinski definition) is 14. The van der Waals surface area contributed by atoms with Crippen LogP contribution in [0, 0.1) is 0 Å². The Morgan fingerprint density at radius 1 is 0.575 bits per heavy atom. The predicted octanol–water partition coefficient (Wildman–Crippen LogP) is -0.720. The third-order valence-electron chi connectivity index (χ3n) is 0.457. The molecule has 0 rings (SSSR count). The van der Waals surface area contributed by atoms with Crippen LogP contribution in [0.4, 0.5) is 30.0 Å². The summed E-state index contributed by atoms with van der Waals surface area (Å²) in [6, 6.07) is -0.495. The van der Waals surface area contributed by atoms with E-state index in [0.717, 1.165) is 6.41 Å². The number of primary amides is 1. The lowest BCUT2D eigenvalue weighted by Gasteiger charge is -1.93. The van der Waals surface area contributed by atoms with E-state index in [1.807, 2.05) is 0 Å². The van der Waals surface area contributed by atoms with E-state index in [0.29, 0.717) is 0 Å². The smallest absolute Gasteiger partial charge is 0.352 e. The van der Waals surface area contributed by atoms with Gasteiger partial charge in [0.2, 0.25) is 6.41 Å². The lowest BCUT2D eigenvalue weighted by Crippen LogP contribution is -2.24. The summed E-state index contributed by atoms with van der Waals surface area (Å²) in [5.41, 5.74) is 4.54. The minimum Gasteiger partial charge on any atom is -0.352 e. The molecule has 0 atom stereocenters. The molecule has 0 spiro atoms. The molecule has 0 aliphatic carbocycles. The van der Waals surface area contributed by atoms with Crippen molar-refractivity contribution in [2.75, 3.05) is 21.1 Å². The minimum atomic E-state index is -5.14. The van der Waals surface area contributed by atoms with Gasteiger partial charge in [0, 0.05) is 21.1 Å². The predicted molar refractivity (Wildman–Crippen MR) is 117 cm³/mol. The number of carbonyl (C=O) groups is 2. The van der Waals surface area contributed by atoms with Gasteiger partial charge in [-0.2, -0.15) is 0 Å². The van der Waals surface area contributed by atoms with Crippen LogP contribution in [-0.4, -0.2) is 97.2 Å². The summed E-state index contributed by atoms with van der Waals surface area (Å²) in [6.45, 7) is 0. The number of amides is 3. The Kier molecular flexibility index (Phi) is 41.7. The number of nitrogens with two attached hydrogens (primary N) is 1. The Labute approximate surface area is 218 Å². The van der Waals surface area contributed by atoms with E-state index in [4.69, 9.17) is 86.1 Å². The van der Waals surface area contributed by atoms with Gasteiger partial charge in [-0.15, -0.1) is 25.2 Å². The normalized spacial score (nSPS) is 10.5. The highest BCUT2D eigenvalue weighted by atomic mass is 31.2. The fourth-order valence-corrected chi connectivity index (χ4v) is 0. The van der Waals surface area contributed by atoms with Gasteiger partial charge in [0.15, 0.2) is 0 Å². The van der Waals surface area contributed by atoms with Crippen LogP contribution in [0.3, 0.4) is 0 Å². The van der Waals surface area contributed by atoms with Crippen molar-refractivity contribution in [3.63, 3.8) is 0 Å². The molecule has 0 aromatic rings. The first-order chi connectivity index (χ1) is 16.5. The van der Waals surface area contributed by atoms with Crippen molar-refractivity contribution in [1.29, 1.82) is 0 Å². The molecule has 40 heavy (non-hydrogen) atoms. The van der Waals surface area contributed by atoms with Crippen molar-refractivity contribution < 1.29 is 121 Å². The van der Waals surface area contributed by atoms with E-state index in [9.17, 15) is 34.8 Å². The molecule has 0 saturated heterocycles. The molecule has 0 heterocycles. The molecule has 252 valence electrons. The van der Waals surface area contributed by atoms with E-state index >= 15 is 0 Å². The van der Waals surface area contributed by atoms with Crippen LogP contribution in [0.2, 0.25) is 0 Å². The van der Waals surface area contributed by atoms with E-state index < -0.39 is 53.5 Å². The molecule has 0 bridgehead atoms. The number of carbonyl (C=O) groups excluding carboxylic acids is 2. The Morgan fingerprint density at radius 3 is 0.625 bits per heavy atom. The van der Waals surface area contributed by atoms with Gasteiger partial charge in [0.1, 0.15) is 0 Å². The SMILES string of the molecule is CN(C)C=O.CNC(N)=O.O=P(O)(O)F.O=P(O)(O)F.O=P(O)(O)F.O=P(O)(O)F.O=P(O)(O)F.O=P(O)(O)F. The van der Waals surface area contributed by atoms with Crippen LogP contribution in [0.25, 0.3) is 0 Å². The summed E-state index contributed by atoms with van der Waals surface area (Å²) in [7, 11) is -26.0. The second kappa shape index (κ2) is 28.3. The summed E-state index contributed by atoms with van der Waals surface area (Å²) < 4.78 is 114. The molecule has 35 heteroatoms. The molecule has 3 amide bonds. The maximum atomic E-state index is 10.4.